The highest BCUT2D eigenvalue weighted by atomic mass is 15.1. The summed E-state index contributed by atoms with van der Waals surface area (Å²) in [4.78, 5) is 4.98. The molecule has 2 heteroatoms. The summed E-state index contributed by atoms with van der Waals surface area (Å²) < 4.78 is 0. The van der Waals surface area contributed by atoms with Gasteiger partial charge in [0, 0.05) is 44.4 Å². The molecule has 0 aromatic heterocycles. The molecule has 2 nitrogen and oxygen atoms in total. The first-order valence-electron chi connectivity index (χ1n) is 27.1. The van der Waals surface area contributed by atoms with Crippen LogP contribution in [0.2, 0.25) is 0 Å². The predicted molar refractivity (Wildman–Crippen MR) is 330 cm³/mol. The Bertz CT molecular complexity index is 4410. The maximum atomic E-state index is 2.50. The normalized spacial score (nSPS) is 13.9. The summed E-state index contributed by atoms with van der Waals surface area (Å²) in [5, 5.41) is 9.74. The van der Waals surface area contributed by atoms with Gasteiger partial charge in [0.2, 0.25) is 0 Å². The van der Waals surface area contributed by atoms with Crippen molar-refractivity contribution in [2.75, 3.05) is 9.80 Å². The number of hydrogen-bond donors (Lipinski definition) is 0. The molecule has 0 unspecified atom stereocenters. The lowest BCUT2D eigenvalue weighted by atomic mass is 9.82. The fourth-order valence-electron chi connectivity index (χ4n) is 13.1. The Kier molecular flexibility index (Phi) is 10.8. The topological polar surface area (TPSA) is 6.48 Å². The highest BCUT2D eigenvalue weighted by Crippen LogP contribution is 2.54. The molecule has 14 rings (SSSR count). The van der Waals surface area contributed by atoms with E-state index in [1.165, 1.54) is 98.7 Å². The Labute approximate surface area is 452 Å². The van der Waals surface area contributed by atoms with E-state index in [4.69, 9.17) is 0 Å². The van der Waals surface area contributed by atoms with E-state index in [0.29, 0.717) is 0 Å². The van der Waals surface area contributed by atoms with Gasteiger partial charge in [0.05, 0.1) is 11.4 Å². The minimum absolute atomic E-state index is 0.144. The number of fused-ring (bicyclic) bond motifs is 11. The molecule has 77 heavy (non-hydrogen) atoms. The van der Waals surface area contributed by atoms with Crippen LogP contribution in [0.25, 0.3) is 82.5 Å². The van der Waals surface area contributed by atoms with Crippen molar-refractivity contribution in [1.29, 1.82) is 0 Å². The zero-order valence-electron chi connectivity index (χ0n) is 44.2. The smallest absolute Gasteiger partial charge is 0.0546 e. The zero-order chi connectivity index (χ0) is 52.0. The average molecular weight is 987 g/mol. The number of allylic oxidation sites excluding steroid dienone is 3. The first-order chi connectivity index (χ1) is 37.7. The largest absolute Gasteiger partial charge is 0.310 e. The molecule has 0 aliphatic heterocycles. The van der Waals surface area contributed by atoms with Crippen LogP contribution in [0.1, 0.15) is 62.4 Å². The highest BCUT2D eigenvalue weighted by molar-refractivity contribution is 6.15. The van der Waals surface area contributed by atoms with Crippen molar-refractivity contribution in [2.24, 2.45) is 0 Å². The summed E-state index contributed by atoms with van der Waals surface area (Å²) in [5.41, 5.74) is 20.7. The second-order valence-electron chi connectivity index (χ2n) is 22.0. The van der Waals surface area contributed by atoms with E-state index in [2.05, 4.69) is 305 Å². The second-order valence-corrected chi connectivity index (χ2v) is 22.0. The lowest BCUT2D eigenvalue weighted by molar-refractivity contribution is 0.660. The molecule has 0 heterocycles. The Morgan fingerprint density at radius 1 is 0.312 bits per heavy atom. The molecule has 12 aromatic carbocycles. The summed E-state index contributed by atoms with van der Waals surface area (Å²) in [6.45, 7) is 11.5. The van der Waals surface area contributed by atoms with E-state index in [-0.39, 0.29) is 10.8 Å². The fourth-order valence-corrected chi connectivity index (χ4v) is 13.1. The molecule has 0 spiro atoms. The fraction of sp³-hybridized carbons (Fsp3) is 0.0933. The van der Waals surface area contributed by atoms with E-state index in [0.717, 1.165) is 39.7 Å². The maximum absolute atomic E-state index is 2.50. The number of anilines is 6. The average Bonchev–Trinajstić information content (AvgIpc) is 3.98. The number of hydrogen-bond acceptors (Lipinski definition) is 2. The number of benzene rings is 12. The van der Waals surface area contributed by atoms with Crippen LogP contribution < -0.4 is 9.80 Å². The second kappa shape index (κ2) is 18.0. The van der Waals surface area contributed by atoms with E-state index < -0.39 is 0 Å². The molecule has 0 saturated carbocycles. The van der Waals surface area contributed by atoms with Gasteiger partial charge in [-0.25, -0.2) is 0 Å². The molecule has 0 amide bonds. The van der Waals surface area contributed by atoms with E-state index >= 15 is 0 Å². The molecular formula is C75H58N2. The highest BCUT2D eigenvalue weighted by Gasteiger charge is 2.37. The SMILES string of the molecule is C/C=C\C=C/c1cc(N(c2ccc3c(c2)C(C)(C)c2ccccc2-3)c2ccc(-c3ccc(N(c4ccc5c(c4)C(C)(C)c4ccccc4-5)c4cc5ccccc5c5ccccc45)cc3)c3ccccc23)cc2ccccc12. The molecule has 2 aliphatic rings. The lowest BCUT2D eigenvalue weighted by Crippen LogP contribution is -2.17. The summed E-state index contributed by atoms with van der Waals surface area (Å²) >= 11 is 0. The molecule has 12 aromatic rings. The summed E-state index contributed by atoms with van der Waals surface area (Å²) in [7, 11) is 0. The molecular weight excluding hydrogens is 929 g/mol. The minimum Gasteiger partial charge on any atom is -0.310 e. The minimum atomic E-state index is -0.157. The first kappa shape index (κ1) is 46.3. The predicted octanol–water partition coefficient (Wildman–Crippen LogP) is 21.1. The Hall–Kier alpha value is -9.24. The van der Waals surface area contributed by atoms with Crippen molar-refractivity contribution in [3.63, 3.8) is 0 Å². The van der Waals surface area contributed by atoms with Gasteiger partial charge < -0.3 is 9.80 Å². The van der Waals surface area contributed by atoms with Crippen LogP contribution in [0.5, 0.6) is 0 Å². The quantitative estimate of drug-likeness (QED) is 0.105. The van der Waals surface area contributed by atoms with Gasteiger partial charge in [-0.15, -0.1) is 0 Å². The molecule has 0 atom stereocenters. The van der Waals surface area contributed by atoms with Crippen LogP contribution in [0.15, 0.2) is 255 Å². The van der Waals surface area contributed by atoms with Gasteiger partial charge in [0.25, 0.3) is 0 Å². The van der Waals surface area contributed by atoms with Crippen LogP contribution in [-0.4, -0.2) is 0 Å². The first-order valence-corrected chi connectivity index (χ1v) is 27.1. The van der Waals surface area contributed by atoms with Gasteiger partial charge in [0.15, 0.2) is 0 Å². The van der Waals surface area contributed by atoms with Gasteiger partial charge in [-0.1, -0.05) is 228 Å². The number of nitrogens with zero attached hydrogens (tertiary/aromatic N) is 2. The van der Waals surface area contributed by atoms with E-state index in [1.807, 2.05) is 0 Å². The monoisotopic (exact) mass is 986 g/mol. The third kappa shape index (κ3) is 7.38. The molecule has 0 saturated heterocycles. The van der Waals surface area contributed by atoms with Crippen molar-refractivity contribution < 1.29 is 0 Å². The molecule has 2 aliphatic carbocycles. The third-order valence-electron chi connectivity index (χ3n) is 16.9. The molecule has 0 N–H and O–H groups in total. The van der Waals surface area contributed by atoms with Gasteiger partial charge in [-0.3, -0.25) is 0 Å². The van der Waals surface area contributed by atoms with Crippen LogP contribution >= 0.6 is 0 Å². The van der Waals surface area contributed by atoms with Crippen LogP contribution in [-0.2, 0) is 10.8 Å². The van der Waals surface area contributed by atoms with Gasteiger partial charge in [-0.05, 0) is 161 Å². The van der Waals surface area contributed by atoms with Crippen molar-refractivity contribution >= 4 is 83.3 Å². The third-order valence-corrected chi connectivity index (χ3v) is 16.9. The maximum Gasteiger partial charge on any atom is 0.0546 e. The Morgan fingerprint density at radius 2 is 0.779 bits per heavy atom. The summed E-state index contributed by atoms with van der Waals surface area (Å²) in [5.74, 6) is 0. The van der Waals surface area contributed by atoms with Crippen LogP contribution in [0.3, 0.4) is 0 Å². The summed E-state index contributed by atoms with van der Waals surface area (Å²) in [6, 6.07) is 88.6. The van der Waals surface area contributed by atoms with Crippen molar-refractivity contribution in [2.45, 2.75) is 45.4 Å². The number of rotatable bonds is 9. The molecule has 0 fully saturated rings. The van der Waals surface area contributed by atoms with Gasteiger partial charge >= 0.3 is 0 Å². The molecule has 0 bridgehead atoms. The van der Waals surface area contributed by atoms with Crippen molar-refractivity contribution in [3.8, 4) is 33.4 Å². The molecule has 0 radical (unpaired) electrons. The van der Waals surface area contributed by atoms with Crippen molar-refractivity contribution in [1.82, 2.24) is 0 Å². The Balaban J connectivity index is 0.930. The van der Waals surface area contributed by atoms with Crippen molar-refractivity contribution in [3.05, 3.63) is 283 Å². The van der Waals surface area contributed by atoms with E-state index in [9.17, 15) is 0 Å². The van der Waals surface area contributed by atoms with Crippen LogP contribution in [0, 0.1) is 0 Å². The van der Waals surface area contributed by atoms with Gasteiger partial charge in [-0.2, -0.15) is 0 Å². The zero-order valence-corrected chi connectivity index (χ0v) is 44.2. The van der Waals surface area contributed by atoms with E-state index in [1.54, 1.807) is 0 Å². The standard InChI is InChI=1S/C75H58N2/c1-6-7-8-21-50-44-56(45-51-22-9-11-24-57(50)51)77(55-39-41-65-63-29-18-20-33-69(63)75(4,5)71(65)48-55)72-43-42-59(61-27-13-15-30-66(61)72)49-34-36-53(37-35-49)76(73-46-52-23-10-12-25-58(52)60-26-14-16-31-67(60)73)54-38-40-64-62-28-17-19-32-68(62)74(2,3)70(64)47-54/h6-48H,1-5H3/b7-6-,21-8-. The Morgan fingerprint density at radius 3 is 1.40 bits per heavy atom. The van der Waals surface area contributed by atoms with Gasteiger partial charge in [0.1, 0.15) is 0 Å². The molecule has 368 valence electrons. The lowest BCUT2D eigenvalue weighted by Gasteiger charge is -2.30. The van der Waals surface area contributed by atoms with Crippen LogP contribution in [0.4, 0.5) is 34.1 Å². The summed E-state index contributed by atoms with van der Waals surface area (Å²) in [6.07, 6.45) is 8.57.